The number of hydroxylamine groups is 1. The molecule has 9 nitrogen and oxygen atoms in total. The van der Waals surface area contributed by atoms with Gasteiger partial charge in [-0.2, -0.15) is 0 Å². The zero-order valence-electron chi connectivity index (χ0n) is 21.7. The maximum atomic E-state index is 13.8. The number of nitrogens with zero attached hydrogens (tertiary/aromatic N) is 3. The van der Waals surface area contributed by atoms with E-state index < -0.39 is 29.9 Å². The van der Waals surface area contributed by atoms with E-state index in [4.69, 9.17) is 32.8 Å². The number of rotatable bonds is 5. The zero-order chi connectivity index (χ0) is 28.1. The molecule has 11 heteroatoms. The van der Waals surface area contributed by atoms with E-state index in [2.05, 4.69) is 5.43 Å². The highest BCUT2D eigenvalue weighted by Gasteiger charge is 2.60. The van der Waals surface area contributed by atoms with Crippen LogP contribution in [0, 0.1) is 5.92 Å². The summed E-state index contributed by atoms with van der Waals surface area (Å²) < 4.78 is 5.65. The molecule has 0 saturated carbocycles. The molecule has 6 rings (SSSR count). The van der Waals surface area contributed by atoms with E-state index >= 15 is 0 Å². The van der Waals surface area contributed by atoms with Crippen molar-refractivity contribution < 1.29 is 24.0 Å². The van der Waals surface area contributed by atoms with Crippen LogP contribution in [0.2, 0.25) is 10.0 Å². The second-order valence-corrected chi connectivity index (χ2v) is 11.0. The average molecular weight is 581 g/mol. The van der Waals surface area contributed by atoms with Crippen LogP contribution in [0.15, 0.2) is 72.8 Å². The van der Waals surface area contributed by atoms with Crippen molar-refractivity contribution in [1.29, 1.82) is 0 Å². The van der Waals surface area contributed by atoms with E-state index in [1.807, 2.05) is 44.3 Å². The van der Waals surface area contributed by atoms with Crippen molar-refractivity contribution in [3.8, 4) is 5.75 Å². The summed E-state index contributed by atoms with van der Waals surface area (Å²) in [7, 11) is 1.81. The van der Waals surface area contributed by atoms with Gasteiger partial charge in [-0.3, -0.25) is 19.9 Å². The number of nitrogens with one attached hydrogen (secondary N) is 1. The summed E-state index contributed by atoms with van der Waals surface area (Å²) >= 11 is 12.2. The number of ether oxygens (including phenoxy) is 1. The van der Waals surface area contributed by atoms with Crippen molar-refractivity contribution in [1.82, 2.24) is 10.4 Å². The molecule has 3 fully saturated rings. The van der Waals surface area contributed by atoms with Crippen LogP contribution in [0.1, 0.15) is 24.9 Å². The number of hydrogen-bond acceptors (Lipinski definition) is 8. The minimum absolute atomic E-state index is 0.180. The molecule has 1 N–H and O–H groups in total. The predicted molar refractivity (Wildman–Crippen MR) is 150 cm³/mol. The van der Waals surface area contributed by atoms with Gasteiger partial charge in [0.25, 0.3) is 5.91 Å². The van der Waals surface area contributed by atoms with Gasteiger partial charge < -0.3 is 4.74 Å². The molecule has 206 valence electrons. The number of carbonyl (C=O) groups excluding carboxylic acids is 3. The summed E-state index contributed by atoms with van der Waals surface area (Å²) in [5, 5.41) is 3.93. The van der Waals surface area contributed by atoms with Crippen LogP contribution in [0.5, 0.6) is 5.75 Å². The van der Waals surface area contributed by atoms with Gasteiger partial charge in [0.1, 0.15) is 17.7 Å². The van der Waals surface area contributed by atoms with Gasteiger partial charge in [0, 0.05) is 13.1 Å². The molecule has 5 atom stereocenters. The Labute approximate surface area is 241 Å². The van der Waals surface area contributed by atoms with E-state index in [9.17, 15) is 14.4 Å². The maximum absolute atomic E-state index is 13.8. The predicted octanol–water partition coefficient (Wildman–Crippen LogP) is 4.55. The Morgan fingerprint density at radius 1 is 0.950 bits per heavy atom. The number of likely N-dealkylation sites (N-methyl/N-ethyl adjacent to an activating group) is 1. The lowest BCUT2D eigenvalue weighted by atomic mass is 9.90. The highest BCUT2D eigenvalue weighted by Crippen LogP contribution is 2.48. The first kappa shape index (κ1) is 26.7. The Hall–Kier alpha value is -3.47. The van der Waals surface area contributed by atoms with Crippen LogP contribution >= 0.6 is 23.2 Å². The number of amides is 2. The summed E-state index contributed by atoms with van der Waals surface area (Å²) in [6, 6.07) is 20.0. The van der Waals surface area contributed by atoms with E-state index in [0.29, 0.717) is 28.6 Å². The second-order valence-electron chi connectivity index (χ2n) is 10.2. The maximum Gasteiger partial charge on any atom is 0.330 e. The van der Waals surface area contributed by atoms with E-state index in [1.165, 1.54) is 6.07 Å². The number of benzene rings is 3. The largest absolute Gasteiger partial charge is 0.425 e. The Morgan fingerprint density at radius 3 is 2.33 bits per heavy atom. The van der Waals surface area contributed by atoms with Crippen LogP contribution in [-0.2, 0) is 19.2 Å². The van der Waals surface area contributed by atoms with Crippen molar-refractivity contribution in [2.75, 3.05) is 17.0 Å². The molecule has 3 aromatic rings. The fraction of sp³-hybridized carbons (Fsp3) is 0.276. The lowest BCUT2D eigenvalue weighted by molar-refractivity contribution is -0.139. The fourth-order valence-corrected chi connectivity index (χ4v) is 5.88. The van der Waals surface area contributed by atoms with Gasteiger partial charge >= 0.3 is 5.97 Å². The molecule has 0 radical (unpaired) electrons. The third kappa shape index (κ3) is 4.63. The van der Waals surface area contributed by atoms with Crippen LogP contribution in [0.25, 0.3) is 0 Å². The summed E-state index contributed by atoms with van der Waals surface area (Å²) in [5.41, 5.74) is 4.94. The van der Waals surface area contributed by atoms with Crippen molar-refractivity contribution in [3.63, 3.8) is 0 Å². The number of carbonyl (C=O) groups is 3. The van der Waals surface area contributed by atoms with Gasteiger partial charge in [0.2, 0.25) is 5.91 Å². The Bertz CT molecular complexity index is 1470. The SMILES string of the molecule is C[C@@H]1C[C@H](C(=O)Oc2ccc([C@@H]3[C@@H]4C(=O)N(c5ccc(Cl)c(Cl)c5)C(=O)[C@@H]4ON3c3ccccc3)cc2)N(C)N1. The molecule has 0 bridgehead atoms. The quantitative estimate of drug-likeness (QED) is 0.267. The fourth-order valence-electron chi connectivity index (χ4n) is 5.59. The minimum Gasteiger partial charge on any atom is -0.425 e. The molecule has 0 spiro atoms. The van der Waals surface area contributed by atoms with Crippen LogP contribution in [-0.4, -0.2) is 48.0 Å². The first-order valence-corrected chi connectivity index (χ1v) is 13.6. The molecule has 3 aliphatic heterocycles. The van der Waals surface area contributed by atoms with Gasteiger partial charge in [-0.05, 0) is 61.4 Å². The monoisotopic (exact) mass is 580 g/mol. The van der Waals surface area contributed by atoms with Crippen molar-refractivity contribution in [2.24, 2.45) is 5.92 Å². The summed E-state index contributed by atoms with van der Waals surface area (Å²) in [6.07, 6.45) is -0.384. The topological polar surface area (TPSA) is 91.4 Å². The lowest BCUT2D eigenvalue weighted by Crippen LogP contribution is -2.41. The van der Waals surface area contributed by atoms with E-state index in [-0.39, 0.29) is 23.1 Å². The summed E-state index contributed by atoms with van der Waals surface area (Å²) in [6.45, 7) is 2.01. The molecule has 3 aliphatic rings. The second kappa shape index (κ2) is 10.5. The highest BCUT2D eigenvalue weighted by molar-refractivity contribution is 6.42. The summed E-state index contributed by atoms with van der Waals surface area (Å²) in [4.78, 5) is 47.4. The third-order valence-corrected chi connectivity index (χ3v) is 8.21. The first-order valence-electron chi connectivity index (χ1n) is 12.9. The van der Waals surface area contributed by atoms with Gasteiger partial charge in [-0.1, -0.05) is 53.5 Å². The number of para-hydroxylation sites is 1. The molecule has 3 aromatic carbocycles. The normalized spacial score (nSPS) is 26.4. The molecule has 0 unspecified atom stereocenters. The number of anilines is 2. The van der Waals surface area contributed by atoms with Crippen LogP contribution in [0.3, 0.4) is 0 Å². The average Bonchev–Trinajstić information content (AvgIpc) is 3.58. The molecule has 3 saturated heterocycles. The van der Waals surface area contributed by atoms with Gasteiger partial charge in [-0.25, -0.2) is 19.8 Å². The third-order valence-electron chi connectivity index (χ3n) is 7.47. The zero-order valence-corrected chi connectivity index (χ0v) is 23.2. The molecule has 2 amide bonds. The first-order chi connectivity index (χ1) is 19.2. The molecule has 3 heterocycles. The number of esters is 1. The number of fused-ring (bicyclic) bond motifs is 1. The van der Waals surface area contributed by atoms with Crippen LogP contribution in [0.4, 0.5) is 11.4 Å². The highest BCUT2D eigenvalue weighted by atomic mass is 35.5. The lowest BCUT2D eigenvalue weighted by Gasteiger charge is -2.29. The van der Waals surface area contributed by atoms with Gasteiger partial charge in [-0.15, -0.1) is 0 Å². The number of halogens is 2. The smallest absolute Gasteiger partial charge is 0.330 e. The summed E-state index contributed by atoms with van der Waals surface area (Å²) in [5.74, 6) is -1.68. The molecule has 0 aromatic heterocycles. The minimum atomic E-state index is -1.03. The van der Waals surface area contributed by atoms with Crippen molar-refractivity contribution in [3.05, 3.63) is 88.4 Å². The number of hydrazine groups is 1. The molecule has 0 aliphatic carbocycles. The van der Waals surface area contributed by atoms with E-state index in [1.54, 1.807) is 46.5 Å². The Morgan fingerprint density at radius 2 is 1.68 bits per heavy atom. The number of imide groups is 1. The Kier molecular flexibility index (Phi) is 7.02. The molecular weight excluding hydrogens is 555 g/mol. The van der Waals surface area contributed by atoms with Crippen LogP contribution < -0.4 is 20.1 Å². The standard InChI is InChI=1S/C29H26Cl2N4O5/c1-16-14-23(33(2)32-16)29(38)39-20-11-8-17(9-12-20)25-24-26(40-35(25)18-6-4-3-5-7-18)28(37)34(27(24)36)19-10-13-21(30)22(31)15-19/h3-13,15-16,23-26,32H,14H2,1-2H3/t16-,23-,24+,25-,26-/m1/s1. The molecule has 40 heavy (non-hydrogen) atoms. The van der Waals surface area contributed by atoms with E-state index in [0.717, 1.165) is 10.5 Å². The van der Waals surface area contributed by atoms with Crippen molar-refractivity contribution in [2.45, 2.75) is 37.6 Å². The molecular formula is C29H26Cl2N4O5. The Balaban J connectivity index is 1.30. The van der Waals surface area contributed by atoms with Gasteiger partial charge in [0.05, 0.1) is 27.5 Å². The number of hydrogen-bond donors (Lipinski definition) is 1. The van der Waals surface area contributed by atoms with Gasteiger partial charge in [0.15, 0.2) is 6.10 Å². The van der Waals surface area contributed by atoms with Crippen molar-refractivity contribution >= 4 is 52.4 Å².